The van der Waals surface area contributed by atoms with Gasteiger partial charge in [-0.15, -0.1) is 0 Å². The molecule has 19 heavy (non-hydrogen) atoms. The van der Waals surface area contributed by atoms with Crippen LogP contribution in [0.15, 0.2) is 24.4 Å². The highest BCUT2D eigenvalue weighted by Crippen LogP contribution is 2.27. The largest absolute Gasteiger partial charge is 0.372 e. The van der Waals surface area contributed by atoms with E-state index in [9.17, 15) is 4.79 Å². The molecule has 0 bridgehead atoms. The molecular weight excluding hydrogens is 236 g/mol. The van der Waals surface area contributed by atoms with Gasteiger partial charge in [0.1, 0.15) is 0 Å². The van der Waals surface area contributed by atoms with Gasteiger partial charge < -0.3 is 9.47 Å². The third-order valence-electron chi connectivity index (χ3n) is 4.10. The van der Waals surface area contributed by atoms with E-state index >= 15 is 0 Å². The van der Waals surface area contributed by atoms with Gasteiger partial charge in [0.15, 0.2) is 6.29 Å². The summed E-state index contributed by atoms with van der Waals surface area (Å²) in [4.78, 5) is 13.6. The van der Waals surface area contributed by atoms with Gasteiger partial charge >= 0.3 is 0 Å². The molecule has 1 saturated heterocycles. The van der Waals surface area contributed by atoms with Crippen molar-refractivity contribution in [3.63, 3.8) is 0 Å². The van der Waals surface area contributed by atoms with Crippen LogP contribution < -0.4 is 4.90 Å². The lowest BCUT2D eigenvalue weighted by Gasteiger charge is -2.22. The smallest absolute Gasteiger partial charge is 0.152 e. The summed E-state index contributed by atoms with van der Waals surface area (Å²) in [5.41, 5.74) is 3.17. The highest BCUT2D eigenvalue weighted by Gasteiger charge is 2.12. The minimum atomic E-state index is 0.786. The summed E-state index contributed by atoms with van der Waals surface area (Å²) in [6.07, 6.45) is 8.08. The molecule has 0 N–H and O–H groups in total. The summed E-state index contributed by atoms with van der Waals surface area (Å²) in [5, 5.41) is 1.07. The van der Waals surface area contributed by atoms with Crippen molar-refractivity contribution in [1.82, 2.24) is 4.57 Å². The zero-order valence-electron chi connectivity index (χ0n) is 11.4. The SMILES string of the molecule is Cn1cc(C=O)c2cc(N3CCCCCC3)ccc21. The Labute approximate surface area is 113 Å². The minimum absolute atomic E-state index is 0.786. The van der Waals surface area contributed by atoms with E-state index in [0.29, 0.717) is 0 Å². The molecule has 2 aromatic rings. The molecule has 0 atom stereocenters. The first-order chi connectivity index (χ1) is 9.29. The molecule has 1 aliphatic rings. The second-order valence-corrected chi connectivity index (χ2v) is 5.42. The van der Waals surface area contributed by atoms with Crippen molar-refractivity contribution >= 4 is 22.9 Å². The first-order valence-electron chi connectivity index (χ1n) is 7.09. The third kappa shape index (κ3) is 2.25. The van der Waals surface area contributed by atoms with Gasteiger partial charge in [0.05, 0.1) is 0 Å². The number of rotatable bonds is 2. The molecule has 1 fully saturated rings. The zero-order valence-corrected chi connectivity index (χ0v) is 11.4. The van der Waals surface area contributed by atoms with Crippen LogP contribution in [0, 0.1) is 0 Å². The van der Waals surface area contributed by atoms with Gasteiger partial charge in [-0.25, -0.2) is 0 Å². The van der Waals surface area contributed by atoms with Crippen LogP contribution in [0.5, 0.6) is 0 Å². The summed E-state index contributed by atoms with van der Waals surface area (Å²) < 4.78 is 2.02. The number of carbonyl (C=O) groups is 1. The summed E-state index contributed by atoms with van der Waals surface area (Å²) in [6.45, 7) is 2.27. The van der Waals surface area contributed by atoms with Gasteiger partial charge in [0.2, 0.25) is 0 Å². The fourth-order valence-electron chi connectivity index (χ4n) is 3.03. The van der Waals surface area contributed by atoms with Crippen molar-refractivity contribution in [1.29, 1.82) is 0 Å². The van der Waals surface area contributed by atoms with Crippen molar-refractivity contribution in [2.75, 3.05) is 18.0 Å². The summed E-state index contributed by atoms with van der Waals surface area (Å²) >= 11 is 0. The molecule has 1 aromatic carbocycles. The predicted molar refractivity (Wildman–Crippen MR) is 79.0 cm³/mol. The van der Waals surface area contributed by atoms with Gasteiger partial charge in [-0.05, 0) is 31.0 Å². The quantitative estimate of drug-likeness (QED) is 0.770. The van der Waals surface area contributed by atoms with Crippen molar-refractivity contribution in [3.8, 4) is 0 Å². The van der Waals surface area contributed by atoms with Crippen molar-refractivity contribution < 1.29 is 4.79 Å². The number of aryl methyl sites for hydroxylation is 1. The summed E-state index contributed by atoms with van der Waals surface area (Å²) in [7, 11) is 1.99. The van der Waals surface area contributed by atoms with Crippen LogP contribution in [0.2, 0.25) is 0 Å². The van der Waals surface area contributed by atoms with Crippen LogP contribution in [0.25, 0.3) is 10.9 Å². The molecule has 0 aliphatic carbocycles. The molecule has 1 aliphatic heterocycles. The van der Waals surface area contributed by atoms with Gasteiger partial charge in [-0.1, -0.05) is 12.8 Å². The van der Waals surface area contributed by atoms with Crippen LogP contribution >= 0.6 is 0 Å². The maximum absolute atomic E-state index is 11.1. The zero-order chi connectivity index (χ0) is 13.2. The maximum Gasteiger partial charge on any atom is 0.152 e. The Morgan fingerprint density at radius 3 is 2.53 bits per heavy atom. The molecule has 1 aromatic heterocycles. The highest BCUT2D eigenvalue weighted by atomic mass is 16.1. The second kappa shape index (κ2) is 5.08. The standard InChI is InChI=1S/C16H20N2O/c1-17-11-13(12-19)15-10-14(6-7-16(15)17)18-8-4-2-3-5-9-18/h6-7,10-12H,2-5,8-9H2,1H3. The van der Waals surface area contributed by atoms with E-state index in [4.69, 9.17) is 0 Å². The van der Waals surface area contributed by atoms with Gasteiger partial charge in [-0.3, -0.25) is 4.79 Å². The topological polar surface area (TPSA) is 25.2 Å². The van der Waals surface area contributed by atoms with Crippen molar-refractivity contribution in [3.05, 3.63) is 30.0 Å². The molecule has 0 amide bonds. The molecule has 3 rings (SSSR count). The summed E-state index contributed by atoms with van der Waals surface area (Å²) in [5.74, 6) is 0. The second-order valence-electron chi connectivity index (χ2n) is 5.42. The molecule has 3 nitrogen and oxygen atoms in total. The normalized spacial score (nSPS) is 16.6. The Balaban J connectivity index is 2.02. The Bertz CT molecular complexity index is 592. The van der Waals surface area contributed by atoms with Gasteiger partial charge in [-0.2, -0.15) is 0 Å². The van der Waals surface area contributed by atoms with E-state index < -0.39 is 0 Å². The van der Waals surface area contributed by atoms with Crippen LogP contribution in [0.4, 0.5) is 5.69 Å². The lowest BCUT2D eigenvalue weighted by atomic mass is 10.1. The number of fused-ring (bicyclic) bond motifs is 1. The molecule has 0 radical (unpaired) electrons. The minimum Gasteiger partial charge on any atom is -0.372 e. The van der Waals surface area contributed by atoms with E-state index in [2.05, 4.69) is 23.1 Å². The number of nitrogens with zero attached hydrogens (tertiary/aromatic N) is 2. The summed E-state index contributed by atoms with van der Waals surface area (Å²) in [6, 6.07) is 6.48. The predicted octanol–water partition coefficient (Wildman–Crippen LogP) is 3.37. The number of aromatic nitrogens is 1. The van der Waals surface area contributed by atoms with Gasteiger partial charge in [0.25, 0.3) is 0 Å². The Kier molecular flexibility index (Phi) is 3.28. The number of hydrogen-bond acceptors (Lipinski definition) is 2. The number of hydrogen-bond donors (Lipinski definition) is 0. The van der Waals surface area contributed by atoms with Gasteiger partial charge in [0, 0.05) is 48.5 Å². The van der Waals surface area contributed by atoms with Crippen molar-refractivity contribution in [2.45, 2.75) is 25.7 Å². The highest BCUT2D eigenvalue weighted by molar-refractivity contribution is 5.99. The number of carbonyl (C=O) groups excluding carboxylic acids is 1. The van der Waals surface area contributed by atoms with E-state index in [1.165, 1.54) is 31.4 Å². The third-order valence-corrected chi connectivity index (χ3v) is 4.10. The fourth-order valence-corrected chi connectivity index (χ4v) is 3.03. The Hall–Kier alpha value is -1.77. The van der Waals surface area contributed by atoms with E-state index in [1.807, 2.05) is 17.8 Å². The molecule has 0 saturated carbocycles. The van der Waals surface area contributed by atoms with Crippen LogP contribution in [-0.2, 0) is 7.05 Å². The van der Waals surface area contributed by atoms with E-state index in [1.54, 1.807) is 0 Å². The first-order valence-corrected chi connectivity index (χ1v) is 7.09. The molecule has 0 unspecified atom stereocenters. The molecule has 100 valence electrons. The average Bonchev–Trinajstić information content (AvgIpc) is 2.63. The number of benzene rings is 1. The molecule has 2 heterocycles. The maximum atomic E-state index is 11.1. The fraction of sp³-hybridized carbons (Fsp3) is 0.438. The van der Waals surface area contributed by atoms with Crippen LogP contribution in [-0.4, -0.2) is 23.9 Å². The van der Waals surface area contributed by atoms with Crippen LogP contribution in [0.3, 0.4) is 0 Å². The lowest BCUT2D eigenvalue weighted by Crippen LogP contribution is -2.23. The number of anilines is 1. The number of aldehydes is 1. The van der Waals surface area contributed by atoms with E-state index in [0.717, 1.165) is 35.8 Å². The van der Waals surface area contributed by atoms with Crippen LogP contribution in [0.1, 0.15) is 36.0 Å². The molecular formula is C16H20N2O. The molecule has 0 spiro atoms. The first kappa shape index (κ1) is 12.3. The lowest BCUT2D eigenvalue weighted by molar-refractivity contribution is 0.112. The Morgan fingerprint density at radius 1 is 1.11 bits per heavy atom. The van der Waals surface area contributed by atoms with Crippen molar-refractivity contribution in [2.24, 2.45) is 7.05 Å². The van der Waals surface area contributed by atoms with E-state index in [-0.39, 0.29) is 0 Å². The molecule has 3 heteroatoms. The monoisotopic (exact) mass is 256 g/mol. The average molecular weight is 256 g/mol. The Morgan fingerprint density at radius 2 is 1.84 bits per heavy atom.